The Bertz CT molecular complexity index is 2130. The Morgan fingerprint density at radius 3 is 1.12 bits per heavy atom. The summed E-state index contributed by atoms with van der Waals surface area (Å²) in [6.07, 6.45) is 2.26. The molecule has 2 amide bonds. The molecule has 0 spiro atoms. The monoisotopic (exact) mass is 950 g/mol. The van der Waals surface area contributed by atoms with Gasteiger partial charge in [0.05, 0.1) is 22.0 Å². The Labute approximate surface area is 400 Å². The van der Waals surface area contributed by atoms with Gasteiger partial charge in [-0.3, -0.25) is 19.2 Å². The topological polar surface area (TPSA) is 192 Å². The first kappa shape index (κ1) is 55.6. The standard InChI is InChI=1S/2C26H37NO5S/c2*1-8-26(9-2,21-13-17(4)23(33-21)24(31)27-14-22(29)30)18-10-11-19(16(3)12-18)32-15-20(28)25(5,6)7/h2*10-13,20,28H,8-9,14-15H2,1-7H3,(H,27,31)(H,29,30). The number of ether oxygens (including phenoxy) is 2. The maximum absolute atomic E-state index is 12.5. The minimum absolute atomic E-state index is 0.231. The number of benzene rings is 2. The summed E-state index contributed by atoms with van der Waals surface area (Å²) in [5.74, 6) is -1.35. The summed E-state index contributed by atoms with van der Waals surface area (Å²) in [6.45, 7) is 27.9. The van der Waals surface area contributed by atoms with Crippen LogP contribution >= 0.6 is 22.7 Å². The van der Waals surface area contributed by atoms with Crippen LogP contribution in [0.25, 0.3) is 0 Å². The highest BCUT2D eigenvalue weighted by atomic mass is 32.1. The van der Waals surface area contributed by atoms with Crippen molar-refractivity contribution in [1.82, 2.24) is 10.6 Å². The van der Waals surface area contributed by atoms with Crippen LogP contribution in [0, 0.1) is 38.5 Å². The van der Waals surface area contributed by atoms with E-state index in [4.69, 9.17) is 19.7 Å². The summed E-state index contributed by atoms with van der Waals surface area (Å²) in [5, 5.41) is 43.2. The lowest BCUT2D eigenvalue weighted by atomic mass is 9.74. The molecule has 2 atom stereocenters. The van der Waals surface area contributed by atoms with Gasteiger partial charge in [0, 0.05) is 20.6 Å². The number of hydrogen-bond donors (Lipinski definition) is 6. The van der Waals surface area contributed by atoms with Crippen molar-refractivity contribution in [2.45, 2.75) is 146 Å². The van der Waals surface area contributed by atoms with Crippen molar-refractivity contribution in [2.24, 2.45) is 10.8 Å². The second-order valence-corrected chi connectivity index (χ2v) is 21.4. The minimum atomic E-state index is -1.07. The van der Waals surface area contributed by atoms with Crippen molar-refractivity contribution in [3.8, 4) is 11.5 Å². The molecule has 0 bridgehead atoms. The lowest BCUT2D eigenvalue weighted by Gasteiger charge is -2.32. The fourth-order valence-corrected chi connectivity index (χ4v) is 10.6. The van der Waals surface area contributed by atoms with Crippen molar-refractivity contribution in [3.63, 3.8) is 0 Å². The first-order valence-electron chi connectivity index (χ1n) is 22.8. The summed E-state index contributed by atoms with van der Waals surface area (Å²) in [5.41, 5.74) is 4.93. The van der Waals surface area contributed by atoms with E-state index >= 15 is 0 Å². The van der Waals surface area contributed by atoms with Gasteiger partial charge in [-0.1, -0.05) is 93.5 Å². The quantitative estimate of drug-likeness (QED) is 0.0497. The number of aryl methyl sites for hydroxylation is 4. The van der Waals surface area contributed by atoms with Gasteiger partial charge in [-0.15, -0.1) is 22.7 Å². The second-order valence-electron chi connectivity index (χ2n) is 19.3. The molecule has 12 nitrogen and oxygen atoms in total. The molecule has 14 heteroatoms. The van der Waals surface area contributed by atoms with Crippen molar-refractivity contribution < 1.29 is 49.1 Å². The van der Waals surface area contributed by atoms with Crippen LogP contribution in [0.3, 0.4) is 0 Å². The number of carboxylic acids is 2. The number of carbonyl (C=O) groups excluding carboxylic acids is 2. The van der Waals surface area contributed by atoms with Gasteiger partial charge in [0.1, 0.15) is 37.8 Å². The van der Waals surface area contributed by atoms with Gasteiger partial charge in [0.2, 0.25) is 0 Å². The maximum Gasteiger partial charge on any atom is 0.322 e. The normalized spacial score (nSPS) is 13.0. The number of aliphatic hydroxyl groups is 2. The number of hydrogen-bond acceptors (Lipinski definition) is 10. The van der Waals surface area contributed by atoms with E-state index in [1.54, 1.807) is 0 Å². The van der Waals surface area contributed by atoms with Crippen molar-refractivity contribution in [1.29, 1.82) is 0 Å². The molecule has 364 valence electrons. The summed E-state index contributed by atoms with van der Waals surface area (Å²) < 4.78 is 11.8. The SMILES string of the molecule is CCC(CC)(c1ccc(OCC(O)C(C)(C)C)c(C)c1)c1cc(C)c(C(=O)NCC(=O)O)s1.CCC(CC)(c1ccc(OCC(O)C(C)(C)C)c(C)c1)c1cc(C)c(C(=O)NCC(=O)O)s1. The van der Waals surface area contributed by atoms with E-state index in [2.05, 4.69) is 62.6 Å². The van der Waals surface area contributed by atoms with E-state index in [1.165, 1.54) is 22.7 Å². The van der Waals surface area contributed by atoms with E-state index < -0.39 is 37.2 Å². The van der Waals surface area contributed by atoms with E-state index in [0.29, 0.717) is 9.75 Å². The summed E-state index contributed by atoms with van der Waals surface area (Å²) in [7, 11) is 0. The number of aliphatic hydroxyl groups excluding tert-OH is 2. The molecule has 0 saturated heterocycles. The first-order chi connectivity index (χ1) is 30.7. The molecule has 0 saturated carbocycles. The van der Waals surface area contributed by atoms with Crippen molar-refractivity contribution >= 4 is 46.4 Å². The van der Waals surface area contributed by atoms with Crippen LogP contribution in [0.15, 0.2) is 48.5 Å². The van der Waals surface area contributed by atoms with Crippen molar-refractivity contribution in [3.05, 3.63) is 101 Å². The molecule has 2 aromatic heterocycles. The predicted octanol–water partition coefficient (Wildman–Crippen LogP) is 10.1. The number of amides is 2. The van der Waals surface area contributed by atoms with Crippen LogP contribution in [0.4, 0.5) is 0 Å². The molecule has 0 aliphatic rings. The zero-order chi connectivity index (χ0) is 49.9. The fraction of sp³-hybridized carbons (Fsp3) is 0.538. The Kier molecular flexibility index (Phi) is 19.6. The molecule has 0 fully saturated rings. The molecule has 6 N–H and O–H groups in total. The van der Waals surface area contributed by atoms with Crippen LogP contribution in [0.5, 0.6) is 11.5 Å². The Morgan fingerprint density at radius 2 is 0.864 bits per heavy atom. The van der Waals surface area contributed by atoms with E-state index in [1.807, 2.05) is 93.5 Å². The van der Waals surface area contributed by atoms with Gasteiger partial charge in [-0.2, -0.15) is 0 Å². The molecule has 2 aromatic carbocycles. The predicted molar refractivity (Wildman–Crippen MR) is 265 cm³/mol. The Hall–Kier alpha value is -4.76. The summed E-state index contributed by atoms with van der Waals surface area (Å²) >= 11 is 2.86. The van der Waals surface area contributed by atoms with E-state index in [9.17, 15) is 29.4 Å². The van der Waals surface area contributed by atoms with Gasteiger partial charge >= 0.3 is 11.9 Å². The summed E-state index contributed by atoms with van der Waals surface area (Å²) in [4.78, 5) is 49.9. The molecule has 4 rings (SSSR count). The highest BCUT2D eigenvalue weighted by Crippen LogP contribution is 2.46. The minimum Gasteiger partial charge on any atom is -0.491 e. The Balaban J connectivity index is 0.000000350. The third-order valence-corrected chi connectivity index (χ3v) is 15.5. The number of thiophene rings is 2. The number of rotatable bonds is 20. The second kappa shape index (κ2) is 23.3. The highest BCUT2D eigenvalue weighted by molar-refractivity contribution is 7.14. The third kappa shape index (κ3) is 13.7. The molecule has 0 radical (unpaired) electrons. The van der Waals surface area contributed by atoms with Crippen molar-refractivity contribution in [2.75, 3.05) is 26.3 Å². The molecule has 66 heavy (non-hydrogen) atoms. The highest BCUT2D eigenvalue weighted by Gasteiger charge is 2.36. The van der Waals surface area contributed by atoms with Crippen LogP contribution in [0.2, 0.25) is 0 Å². The van der Waals surface area contributed by atoms with Crippen LogP contribution in [-0.4, -0.2) is 82.7 Å². The largest absolute Gasteiger partial charge is 0.491 e. The average molecular weight is 951 g/mol. The first-order valence-corrected chi connectivity index (χ1v) is 24.4. The molecule has 0 aliphatic carbocycles. The number of carboxylic acid groups (broad SMARTS) is 2. The van der Waals surface area contributed by atoms with Gasteiger partial charge in [-0.25, -0.2) is 0 Å². The number of nitrogens with one attached hydrogen (secondary N) is 2. The smallest absolute Gasteiger partial charge is 0.322 e. The average Bonchev–Trinajstić information content (AvgIpc) is 3.84. The van der Waals surface area contributed by atoms with Gasteiger partial charge in [0.15, 0.2) is 0 Å². The van der Waals surface area contributed by atoms with Crippen LogP contribution in [-0.2, 0) is 20.4 Å². The van der Waals surface area contributed by atoms with Gasteiger partial charge < -0.3 is 40.5 Å². The molecular weight excluding hydrogens is 877 g/mol. The molecule has 2 heterocycles. The lowest BCUT2D eigenvalue weighted by Crippen LogP contribution is -2.32. The van der Waals surface area contributed by atoms with Crippen LogP contribution < -0.4 is 20.1 Å². The van der Waals surface area contributed by atoms with E-state index in [-0.39, 0.29) is 46.7 Å². The molecule has 0 aliphatic heterocycles. The summed E-state index contributed by atoms with van der Waals surface area (Å²) in [6, 6.07) is 16.4. The third-order valence-electron chi connectivity index (χ3n) is 12.7. The van der Waals surface area contributed by atoms with Gasteiger partial charge in [0.25, 0.3) is 11.8 Å². The Morgan fingerprint density at radius 1 is 0.545 bits per heavy atom. The molecule has 2 unspecified atom stereocenters. The molecule has 4 aromatic rings. The van der Waals surface area contributed by atoms with Gasteiger partial charge in [-0.05, 0) is 122 Å². The fourth-order valence-electron chi connectivity index (χ4n) is 7.71. The zero-order valence-corrected chi connectivity index (χ0v) is 43.1. The molecular formula is C52H74N2O10S2. The number of carbonyl (C=O) groups is 4. The maximum atomic E-state index is 12.5. The van der Waals surface area contributed by atoms with E-state index in [0.717, 1.165) is 80.3 Å². The zero-order valence-electron chi connectivity index (χ0n) is 41.5. The number of aliphatic carboxylic acids is 2. The van der Waals surface area contributed by atoms with Crippen LogP contribution in [0.1, 0.15) is 157 Å². The lowest BCUT2D eigenvalue weighted by molar-refractivity contribution is -0.136.